The van der Waals surface area contributed by atoms with Crippen LogP contribution in [-0.4, -0.2) is 30.3 Å². The number of fused-ring (bicyclic) bond motifs is 1. The van der Waals surface area contributed by atoms with Crippen molar-refractivity contribution in [1.82, 2.24) is 5.32 Å². The molecule has 1 aromatic carbocycles. The van der Waals surface area contributed by atoms with E-state index in [1.807, 2.05) is 6.07 Å². The summed E-state index contributed by atoms with van der Waals surface area (Å²) in [5, 5.41) is 13.2. The van der Waals surface area contributed by atoms with Gasteiger partial charge in [0.2, 0.25) is 0 Å². The number of anilines is 1. The number of nitrogens with zero attached hydrogens (tertiary/aromatic N) is 1. The largest absolute Gasteiger partial charge is 0.463 e. The summed E-state index contributed by atoms with van der Waals surface area (Å²) in [4.78, 5) is 26.1. The molecule has 1 unspecified atom stereocenters. The fourth-order valence-corrected chi connectivity index (χ4v) is 4.93. The number of amides is 1. The van der Waals surface area contributed by atoms with Gasteiger partial charge >= 0.3 is 17.8 Å². The number of thiophene rings is 1. The van der Waals surface area contributed by atoms with Crippen molar-refractivity contribution in [2.45, 2.75) is 50.9 Å². The molecule has 11 heteroatoms. The molecule has 1 amide bonds. The predicted octanol–water partition coefficient (Wildman–Crippen LogP) is 4.69. The molecule has 0 saturated carbocycles. The van der Waals surface area contributed by atoms with Crippen molar-refractivity contribution in [3.05, 3.63) is 51.7 Å². The quantitative estimate of drug-likeness (QED) is 0.269. The molecular weight excluding hydrogens is 462 g/mol. The van der Waals surface area contributed by atoms with Crippen molar-refractivity contribution in [3.8, 4) is 6.07 Å². The third-order valence-electron chi connectivity index (χ3n) is 5.26. The maximum Gasteiger partial charge on any atom is 0.441 e. The van der Waals surface area contributed by atoms with Gasteiger partial charge in [0.1, 0.15) is 16.9 Å². The lowest BCUT2D eigenvalue weighted by Gasteiger charge is -2.35. The highest BCUT2D eigenvalue weighted by Crippen LogP contribution is 2.41. The van der Waals surface area contributed by atoms with Gasteiger partial charge in [-0.25, -0.2) is 9.18 Å². The van der Waals surface area contributed by atoms with Gasteiger partial charge in [-0.1, -0.05) is 18.6 Å². The molecule has 176 valence electrons. The Morgan fingerprint density at radius 1 is 1.18 bits per heavy atom. The predicted molar refractivity (Wildman–Crippen MR) is 113 cm³/mol. The normalized spacial score (nSPS) is 15.4. The molecule has 0 radical (unpaired) electrons. The van der Waals surface area contributed by atoms with Gasteiger partial charge in [0.25, 0.3) is 5.91 Å². The van der Waals surface area contributed by atoms with Gasteiger partial charge in [0.05, 0.1) is 17.7 Å². The van der Waals surface area contributed by atoms with Crippen molar-refractivity contribution < 1.29 is 31.9 Å². The van der Waals surface area contributed by atoms with Gasteiger partial charge in [-0.05, 0) is 50.3 Å². The summed E-state index contributed by atoms with van der Waals surface area (Å²) >= 11 is 0.938. The SMILES string of the molecule is CCOC(=O)C(NC(=O)c1ccccc1F)(Nc1sc2c(c1C#N)CCCCC2)C(F)(F)F. The van der Waals surface area contributed by atoms with Gasteiger partial charge in [0, 0.05) is 4.88 Å². The molecule has 6 nitrogen and oxygen atoms in total. The van der Waals surface area contributed by atoms with E-state index in [1.165, 1.54) is 19.1 Å². The van der Waals surface area contributed by atoms with Crippen LogP contribution in [0.25, 0.3) is 0 Å². The van der Waals surface area contributed by atoms with Crippen LogP contribution in [0.1, 0.15) is 52.5 Å². The average molecular weight is 483 g/mol. The number of alkyl halides is 3. The van der Waals surface area contributed by atoms with Crippen LogP contribution in [0.4, 0.5) is 22.6 Å². The molecule has 3 rings (SSSR count). The minimum absolute atomic E-state index is 0.00466. The zero-order valence-electron chi connectivity index (χ0n) is 17.6. The van der Waals surface area contributed by atoms with E-state index in [4.69, 9.17) is 0 Å². The van der Waals surface area contributed by atoms with Gasteiger partial charge in [-0.15, -0.1) is 11.3 Å². The maximum absolute atomic E-state index is 14.4. The molecule has 1 heterocycles. The second kappa shape index (κ2) is 9.79. The lowest BCUT2D eigenvalue weighted by atomic mass is 10.0. The zero-order valence-corrected chi connectivity index (χ0v) is 18.5. The number of halogens is 4. The van der Waals surface area contributed by atoms with E-state index in [1.54, 1.807) is 5.32 Å². The second-order valence-corrected chi connectivity index (χ2v) is 8.51. The fourth-order valence-electron chi connectivity index (χ4n) is 3.63. The van der Waals surface area contributed by atoms with Crippen molar-refractivity contribution in [1.29, 1.82) is 5.26 Å². The number of carbonyl (C=O) groups excluding carboxylic acids is 2. The Labute approximate surface area is 191 Å². The van der Waals surface area contributed by atoms with E-state index in [-0.39, 0.29) is 10.6 Å². The Hall–Kier alpha value is -3.13. The number of hydrogen-bond donors (Lipinski definition) is 2. The van der Waals surface area contributed by atoms with Crippen LogP contribution >= 0.6 is 11.3 Å². The summed E-state index contributed by atoms with van der Waals surface area (Å²) in [6, 6.07) is 6.37. The van der Waals surface area contributed by atoms with Gasteiger partial charge in [0.15, 0.2) is 0 Å². The van der Waals surface area contributed by atoms with E-state index in [0.29, 0.717) is 18.4 Å². The van der Waals surface area contributed by atoms with Crippen LogP contribution in [0.2, 0.25) is 0 Å². The number of nitriles is 1. The summed E-state index contributed by atoms with van der Waals surface area (Å²) in [6.07, 6.45) is -1.74. The molecule has 0 spiro atoms. The van der Waals surface area contributed by atoms with Crippen molar-refractivity contribution in [2.75, 3.05) is 11.9 Å². The molecule has 1 aliphatic carbocycles. The van der Waals surface area contributed by atoms with Crippen LogP contribution in [-0.2, 0) is 22.4 Å². The number of nitrogens with one attached hydrogen (secondary N) is 2. The molecule has 2 N–H and O–H groups in total. The van der Waals surface area contributed by atoms with Gasteiger partial charge in [-0.2, -0.15) is 18.4 Å². The molecule has 1 aromatic heterocycles. The Morgan fingerprint density at radius 3 is 2.52 bits per heavy atom. The highest BCUT2D eigenvalue weighted by molar-refractivity contribution is 7.16. The number of ether oxygens (including phenoxy) is 1. The van der Waals surface area contributed by atoms with Crippen LogP contribution in [0.15, 0.2) is 24.3 Å². The fraction of sp³-hybridized carbons (Fsp3) is 0.409. The first kappa shape index (κ1) is 24.5. The Balaban J connectivity index is 2.11. The minimum Gasteiger partial charge on any atom is -0.463 e. The molecule has 2 aromatic rings. The van der Waals surface area contributed by atoms with E-state index in [0.717, 1.165) is 47.6 Å². The van der Waals surface area contributed by atoms with E-state index < -0.39 is 41.7 Å². The first-order chi connectivity index (χ1) is 15.6. The summed E-state index contributed by atoms with van der Waals surface area (Å²) < 4.78 is 62.1. The van der Waals surface area contributed by atoms with Crippen LogP contribution < -0.4 is 10.6 Å². The second-order valence-electron chi connectivity index (χ2n) is 7.41. The highest BCUT2D eigenvalue weighted by atomic mass is 32.1. The van der Waals surface area contributed by atoms with Crippen LogP contribution in [0.3, 0.4) is 0 Å². The molecule has 33 heavy (non-hydrogen) atoms. The van der Waals surface area contributed by atoms with E-state index in [2.05, 4.69) is 10.1 Å². The number of hydrogen-bond acceptors (Lipinski definition) is 6. The monoisotopic (exact) mass is 483 g/mol. The van der Waals surface area contributed by atoms with Crippen molar-refractivity contribution in [3.63, 3.8) is 0 Å². The van der Waals surface area contributed by atoms with Crippen LogP contribution in [0, 0.1) is 17.1 Å². The molecule has 1 atom stereocenters. The summed E-state index contributed by atoms with van der Waals surface area (Å²) in [5.74, 6) is -4.35. The first-order valence-electron chi connectivity index (χ1n) is 10.3. The number of rotatable bonds is 6. The number of esters is 1. The van der Waals surface area contributed by atoms with Crippen molar-refractivity contribution in [2.24, 2.45) is 0 Å². The molecular formula is C22H21F4N3O3S. The molecule has 0 fully saturated rings. The maximum atomic E-state index is 14.4. The number of benzene rings is 1. The lowest BCUT2D eigenvalue weighted by Crippen LogP contribution is -2.69. The lowest BCUT2D eigenvalue weighted by molar-refractivity contribution is -0.204. The molecule has 0 aliphatic heterocycles. The summed E-state index contributed by atoms with van der Waals surface area (Å²) in [5.41, 5.74) is -3.78. The average Bonchev–Trinajstić information content (AvgIpc) is 2.91. The Bertz CT molecular complexity index is 1090. The summed E-state index contributed by atoms with van der Waals surface area (Å²) in [6.45, 7) is 0.908. The third-order valence-corrected chi connectivity index (χ3v) is 6.47. The van der Waals surface area contributed by atoms with E-state index >= 15 is 0 Å². The standard InChI is InChI=1S/C22H21F4N3O3S/c1-2-32-20(31)21(22(24,25)26,28-18(30)14-9-6-7-10-16(14)23)29-19-15(12-27)13-8-4-3-5-11-17(13)33-19/h6-7,9-10,29H,2-5,8,11H2,1H3,(H,28,30). The molecule has 1 aliphatic rings. The smallest absolute Gasteiger partial charge is 0.441 e. The van der Waals surface area contributed by atoms with Crippen LogP contribution in [0.5, 0.6) is 0 Å². The number of carbonyl (C=O) groups is 2. The third kappa shape index (κ3) is 4.80. The topological polar surface area (TPSA) is 91.2 Å². The molecule has 0 bridgehead atoms. The Kier molecular flexibility index (Phi) is 7.27. The zero-order chi connectivity index (χ0) is 24.2. The Morgan fingerprint density at radius 2 is 1.88 bits per heavy atom. The van der Waals surface area contributed by atoms with E-state index in [9.17, 15) is 32.4 Å². The highest BCUT2D eigenvalue weighted by Gasteiger charge is 2.64. The number of aryl methyl sites for hydroxylation is 1. The van der Waals surface area contributed by atoms with Crippen molar-refractivity contribution >= 4 is 28.2 Å². The minimum atomic E-state index is -5.39. The first-order valence-corrected chi connectivity index (χ1v) is 11.1. The van der Waals surface area contributed by atoms with Gasteiger partial charge < -0.3 is 15.4 Å². The van der Waals surface area contributed by atoms with Gasteiger partial charge in [-0.3, -0.25) is 4.79 Å². The molecule has 0 saturated heterocycles. The summed E-state index contributed by atoms with van der Waals surface area (Å²) in [7, 11) is 0.